The third kappa shape index (κ3) is 4.36. The van der Waals surface area contributed by atoms with Crippen LogP contribution < -0.4 is 29.9 Å². The fourth-order valence-electron chi connectivity index (χ4n) is 5.08. The molecule has 1 amide bonds. The molecule has 1 atom stereocenters. The molecule has 1 N–H and O–H groups in total. The first-order valence-corrected chi connectivity index (χ1v) is 11.5. The molecule has 0 bridgehead atoms. The molecule has 0 radical (unpaired) electrons. The number of piperidine rings is 1. The van der Waals surface area contributed by atoms with E-state index in [1.807, 2.05) is 18.2 Å². The average molecular weight is 453 g/mol. The van der Waals surface area contributed by atoms with Gasteiger partial charge in [-0.05, 0) is 73.1 Å². The number of nitrogens with one attached hydrogen (secondary N) is 1. The first kappa shape index (κ1) is 23.0. The first-order valence-electron chi connectivity index (χ1n) is 11.5. The van der Waals surface area contributed by atoms with Crippen molar-refractivity contribution in [3.63, 3.8) is 0 Å². The van der Waals surface area contributed by atoms with Gasteiger partial charge in [-0.25, -0.2) is 0 Å². The maximum Gasteiger partial charge on any atom is 0.217 e. The Hall–Kier alpha value is -3.22. The third-order valence-electron chi connectivity index (χ3n) is 6.59. The van der Waals surface area contributed by atoms with Crippen LogP contribution in [0.1, 0.15) is 49.8 Å². The lowest BCUT2D eigenvalue weighted by atomic mass is 9.95. The second-order valence-corrected chi connectivity index (χ2v) is 8.62. The molecule has 1 fully saturated rings. The van der Waals surface area contributed by atoms with Crippen molar-refractivity contribution >= 4 is 11.6 Å². The summed E-state index contributed by atoms with van der Waals surface area (Å²) in [5.41, 5.74) is 4.34. The highest BCUT2D eigenvalue weighted by Crippen LogP contribution is 2.50. The van der Waals surface area contributed by atoms with Gasteiger partial charge in [0.2, 0.25) is 17.1 Å². The normalized spacial score (nSPS) is 17.3. The zero-order chi connectivity index (χ0) is 23.5. The summed E-state index contributed by atoms with van der Waals surface area (Å²) in [6.07, 6.45) is 4.73. The predicted octanol–water partition coefficient (Wildman–Crippen LogP) is 3.85. The van der Waals surface area contributed by atoms with Crippen LogP contribution in [-0.4, -0.2) is 40.3 Å². The topological polar surface area (TPSA) is 77.1 Å². The Morgan fingerprint density at radius 2 is 1.73 bits per heavy atom. The molecule has 0 spiro atoms. The van der Waals surface area contributed by atoms with Gasteiger partial charge in [0.1, 0.15) is 0 Å². The van der Waals surface area contributed by atoms with Crippen molar-refractivity contribution in [3.05, 3.63) is 45.6 Å². The molecule has 0 aromatic heterocycles. The van der Waals surface area contributed by atoms with Crippen molar-refractivity contribution in [1.29, 1.82) is 0 Å². The minimum absolute atomic E-state index is 0.0208. The van der Waals surface area contributed by atoms with E-state index < -0.39 is 0 Å². The van der Waals surface area contributed by atoms with E-state index in [9.17, 15) is 9.59 Å². The zero-order valence-electron chi connectivity index (χ0n) is 19.8. The molecule has 176 valence electrons. The summed E-state index contributed by atoms with van der Waals surface area (Å²) in [6, 6.07) is 7.21. The highest BCUT2D eigenvalue weighted by atomic mass is 16.5. The van der Waals surface area contributed by atoms with Crippen LogP contribution in [0, 0.1) is 0 Å². The highest BCUT2D eigenvalue weighted by molar-refractivity contribution is 5.84. The maximum atomic E-state index is 13.2. The van der Waals surface area contributed by atoms with Gasteiger partial charge in [0, 0.05) is 25.6 Å². The lowest BCUT2D eigenvalue weighted by molar-refractivity contribution is -0.119. The molecule has 1 heterocycles. The molecule has 1 saturated heterocycles. The van der Waals surface area contributed by atoms with Crippen molar-refractivity contribution in [2.24, 2.45) is 0 Å². The number of hydrogen-bond donors (Lipinski definition) is 1. The Kier molecular flexibility index (Phi) is 6.77. The van der Waals surface area contributed by atoms with Crippen LogP contribution in [0.5, 0.6) is 17.2 Å². The van der Waals surface area contributed by atoms with E-state index in [0.717, 1.165) is 48.2 Å². The van der Waals surface area contributed by atoms with Crippen molar-refractivity contribution in [3.8, 4) is 28.4 Å². The molecular weight excluding hydrogens is 420 g/mol. The maximum absolute atomic E-state index is 13.2. The quantitative estimate of drug-likeness (QED) is 0.743. The van der Waals surface area contributed by atoms with Gasteiger partial charge in [0.05, 0.1) is 33.1 Å². The van der Waals surface area contributed by atoms with Crippen molar-refractivity contribution in [2.45, 2.75) is 45.1 Å². The molecule has 33 heavy (non-hydrogen) atoms. The van der Waals surface area contributed by atoms with Gasteiger partial charge in [-0.3, -0.25) is 9.59 Å². The summed E-state index contributed by atoms with van der Waals surface area (Å²) in [5, 5.41) is 3.11. The number of carbonyl (C=O) groups is 1. The molecule has 2 aromatic rings. The second-order valence-electron chi connectivity index (χ2n) is 8.62. The monoisotopic (exact) mass is 452 g/mol. The van der Waals surface area contributed by atoms with E-state index in [4.69, 9.17) is 14.2 Å². The van der Waals surface area contributed by atoms with Gasteiger partial charge < -0.3 is 24.4 Å². The summed E-state index contributed by atoms with van der Waals surface area (Å²) >= 11 is 0. The van der Waals surface area contributed by atoms with Gasteiger partial charge in [0.25, 0.3) is 0 Å². The molecule has 1 aliphatic carbocycles. The van der Waals surface area contributed by atoms with Gasteiger partial charge in [0.15, 0.2) is 11.5 Å². The van der Waals surface area contributed by atoms with E-state index in [1.165, 1.54) is 13.3 Å². The summed E-state index contributed by atoms with van der Waals surface area (Å²) in [7, 11) is 4.79. The lowest BCUT2D eigenvalue weighted by Crippen LogP contribution is -2.32. The third-order valence-corrected chi connectivity index (χ3v) is 6.59. The average Bonchev–Trinajstić information content (AvgIpc) is 3.07. The lowest BCUT2D eigenvalue weighted by Gasteiger charge is -2.28. The second kappa shape index (κ2) is 9.73. The van der Waals surface area contributed by atoms with E-state index in [1.54, 1.807) is 27.4 Å². The molecule has 0 unspecified atom stereocenters. The van der Waals surface area contributed by atoms with E-state index in [-0.39, 0.29) is 17.4 Å². The number of methoxy groups -OCH3 is 3. The molecule has 2 aliphatic rings. The van der Waals surface area contributed by atoms with Crippen molar-refractivity contribution in [2.75, 3.05) is 39.3 Å². The van der Waals surface area contributed by atoms with Crippen LogP contribution in [-0.2, 0) is 11.2 Å². The fraction of sp³-hybridized carbons (Fsp3) is 0.462. The van der Waals surface area contributed by atoms with E-state index in [0.29, 0.717) is 35.8 Å². The molecule has 4 rings (SSSR count). The standard InChI is InChI=1S/C26H32N2O5/c1-16(29)27-20-10-8-17-14-23(31-2)25(32-3)26(33-4)24(17)18-9-11-22(30)21(15-19(18)20)28-12-6-5-7-13-28/h9,11,14-15,20H,5-8,10,12-13H2,1-4H3,(H,27,29)/t20-/m0/s1. The van der Waals surface area contributed by atoms with E-state index >= 15 is 0 Å². The number of nitrogens with zero attached hydrogens (tertiary/aromatic N) is 1. The summed E-state index contributed by atoms with van der Waals surface area (Å²) in [5.74, 6) is 1.56. The number of rotatable bonds is 5. The number of anilines is 1. The minimum Gasteiger partial charge on any atom is -0.493 e. The van der Waals surface area contributed by atoms with Crippen LogP contribution in [0.25, 0.3) is 11.1 Å². The molecule has 7 heteroatoms. The van der Waals surface area contributed by atoms with Gasteiger partial charge in [-0.1, -0.05) is 0 Å². The highest BCUT2D eigenvalue weighted by Gasteiger charge is 2.30. The number of hydrogen-bond acceptors (Lipinski definition) is 6. The fourth-order valence-corrected chi connectivity index (χ4v) is 5.08. The van der Waals surface area contributed by atoms with E-state index in [2.05, 4.69) is 10.2 Å². The smallest absolute Gasteiger partial charge is 0.217 e. The Balaban J connectivity index is 2.02. The number of benzene rings is 1. The van der Waals surface area contributed by atoms with Gasteiger partial charge in [-0.2, -0.15) is 0 Å². The van der Waals surface area contributed by atoms with Crippen LogP contribution in [0.3, 0.4) is 0 Å². The summed E-state index contributed by atoms with van der Waals surface area (Å²) in [6.45, 7) is 3.26. The number of aryl methyl sites for hydroxylation is 1. The molecular formula is C26H32N2O5. The molecule has 2 aromatic carbocycles. The van der Waals surface area contributed by atoms with Crippen LogP contribution in [0.4, 0.5) is 5.69 Å². The Morgan fingerprint density at radius 3 is 2.36 bits per heavy atom. The molecule has 1 aliphatic heterocycles. The summed E-state index contributed by atoms with van der Waals surface area (Å²) in [4.78, 5) is 27.5. The van der Waals surface area contributed by atoms with Crippen LogP contribution >= 0.6 is 0 Å². The largest absolute Gasteiger partial charge is 0.493 e. The Labute approximate surface area is 194 Å². The van der Waals surface area contributed by atoms with Crippen LogP contribution in [0.2, 0.25) is 0 Å². The first-order chi connectivity index (χ1) is 16.0. The SMILES string of the molecule is COc1cc2c(c(OC)c1OC)-c1ccc(=O)c(N3CCCCC3)cc1[C@@H](NC(C)=O)CC2. The van der Waals surface area contributed by atoms with Crippen molar-refractivity contribution in [1.82, 2.24) is 5.32 Å². The van der Waals surface area contributed by atoms with Crippen molar-refractivity contribution < 1.29 is 19.0 Å². The Bertz CT molecular complexity index is 1110. The predicted molar refractivity (Wildman–Crippen MR) is 129 cm³/mol. The number of ether oxygens (including phenoxy) is 3. The van der Waals surface area contributed by atoms with Gasteiger partial charge >= 0.3 is 0 Å². The molecule has 7 nitrogen and oxygen atoms in total. The number of carbonyl (C=O) groups excluding carboxylic acids is 1. The number of fused-ring (bicyclic) bond motifs is 3. The molecule has 0 saturated carbocycles. The van der Waals surface area contributed by atoms with Crippen LogP contribution in [0.15, 0.2) is 29.1 Å². The summed E-state index contributed by atoms with van der Waals surface area (Å²) < 4.78 is 17.1. The van der Waals surface area contributed by atoms with Gasteiger partial charge in [-0.15, -0.1) is 0 Å². The Morgan fingerprint density at radius 1 is 1.00 bits per heavy atom. The minimum atomic E-state index is -0.234. The number of amides is 1. The zero-order valence-corrected chi connectivity index (χ0v) is 19.8.